The molecule has 0 aliphatic rings. The van der Waals surface area contributed by atoms with Crippen LogP contribution in [0, 0.1) is 12.8 Å². The topological polar surface area (TPSA) is 55.1 Å². The van der Waals surface area contributed by atoms with Gasteiger partial charge in [-0.05, 0) is 37.1 Å². The van der Waals surface area contributed by atoms with Crippen molar-refractivity contribution in [2.24, 2.45) is 13.0 Å². The second-order valence-corrected chi connectivity index (χ2v) is 5.89. The Morgan fingerprint density at radius 2 is 2.00 bits per heavy atom. The lowest BCUT2D eigenvalue weighted by molar-refractivity contribution is -0.141. The number of halogens is 1. The van der Waals surface area contributed by atoms with Gasteiger partial charge in [-0.3, -0.25) is 9.48 Å². The average molecular weight is 337 g/mol. The Bertz CT molecular complexity index is 605. The molecule has 0 spiro atoms. The molecule has 0 saturated carbocycles. The number of carboxylic acid groups (broad SMARTS) is 1. The van der Waals surface area contributed by atoms with Crippen LogP contribution < -0.4 is 0 Å². The molecule has 4 nitrogen and oxygen atoms in total. The van der Waals surface area contributed by atoms with E-state index in [0.717, 1.165) is 21.4 Å². The summed E-state index contributed by atoms with van der Waals surface area (Å²) in [5, 5.41) is 13.7. The minimum absolute atomic E-state index is 0.439. The van der Waals surface area contributed by atoms with Gasteiger partial charge >= 0.3 is 5.97 Å². The summed E-state index contributed by atoms with van der Waals surface area (Å²) in [5.74, 6) is -1.21. The van der Waals surface area contributed by atoms with Crippen molar-refractivity contribution in [3.8, 4) is 0 Å². The highest BCUT2D eigenvalue weighted by Crippen LogP contribution is 2.18. The molecule has 0 radical (unpaired) electrons. The Hall–Kier alpha value is -1.62. The predicted molar refractivity (Wildman–Crippen MR) is 80.6 cm³/mol. The second kappa shape index (κ2) is 6.22. The van der Waals surface area contributed by atoms with Gasteiger partial charge in [0.25, 0.3) is 0 Å². The molecule has 0 saturated heterocycles. The molecule has 1 aromatic heterocycles. The number of hydrogen-bond acceptors (Lipinski definition) is 2. The maximum absolute atomic E-state index is 11.5. The summed E-state index contributed by atoms with van der Waals surface area (Å²) in [6.07, 6.45) is 1.01. The number of benzene rings is 1. The molecule has 0 aliphatic carbocycles. The SMILES string of the molecule is Cc1cc(CC(Cc2ccc(Br)cc2)C(=O)O)n(C)n1. The van der Waals surface area contributed by atoms with Crippen LogP contribution in [-0.2, 0) is 24.7 Å². The molecule has 0 aliphatic heterocycles. The number of aliphatic carboxylic acids is 1. The Balaban J connectivity index is 2.13. The highest BCUT2D eigenvalue weighted by Gasteiger charge is 2.20. The molecule has 1 unspecified atom stereocenters. The summed E-state index contributed by atoms with van der Waals surface area (Å²) in [6.45, 7) is 1.91. The quantitative estimate of drug-likeness (QED) is 0.913. The first kappa shape index (κ1) is 14.8. The van der Waals surface area contributed by atoms with E-state index >= 15 is 0 Å². The summed E-state index contributed by atoms with van der Waals surface area (Å²) in [5.41, 5.74) is 2.89. The first-order valence-corrected chi connectivity index (χ1v) is 7.22. The molecule has 2 aromatic rings. The number of carboxylic acids is 1. The number of aromatic nitrogens is 2. The highest BCUT2D eigenvalue weighted by molar-refractivity contribution is 9.10. The average Bonchev–Trinajstić information content (AvgIpc) is 2.69. The van der Waals surface area contributed by atoms with Crippen LogP contribution >= 0.6 is 15.9 Å². The molecule has 1 atom stereocenters. The van der Waals surface area contributed by atoms with Crippen molar-refractivity contribution in [3.63, 3.8) is 0 Å². The summed E-state index contributed by atoms with van der Waals surface area (Å²) in [7, 11) is 1.85. The Morgan fingerprint density at radius 1 is 1.35 bits per heavy atom. The molecular formula is C15H17BrN2O2. The summed E-state index contributed by atoms with van der Waals surface area (Å²) >= 11 is 3.38. The zero-order valence-electron chi connectivity index (χ0n) is 11.5. The van der Waals surface area contributed by atoms with Gasteiger partial charge in [0.15, 0.2) is 0 Å². The maximum atomic E-state index is 11.5. The van der Waals surface area contributed by atoms with Gasteiger partial charge in [0.1, 0.15) is 0 Å². The summed E-state index contributed by atoms with van der Waals surface area (Å²) in [6, 6.07) is 9.71. The van der Waals surface area contributed by atoms with E-state index in [2.05, 4.69) is 21.0 Å². The Labute approximate surface area is 126 Å². The number of carbonyl (C=O) groups is 1. The monoisotopic (exact) mass is 336 g/mol. The van der Waals surface area contributed by atoms with E-state index in [4.69, 9.17) is 0 Å². The number of rotatable bonds is 5. The number of nitrogens with zero attached hydrogens (tertiary/aromatic N) is 2. The fourth-order valence-corrected chi connectivity index (χ4v) is 2.52. The van der Waals surface area contributed by atoms with Gasteiger partial charge in [-0.2, -0.15) is 5.10 Å². The molecule has 20 heavy (non-hydrogen) atoms. The standard InChI is InChI=1S/C15H17BrN2O2/c1-10-7-14(18(2)17-10)9-12(15(19)20)8-11-3-5-13(16)6-4-11/h3-7,12H,8-9H2,1-2H3,(H,19,20). The van der Waals surface area contributed by atoms with Crippen LogP contribution in [0.3, 0.4) is 0 Å². The van der Waals surface area contributed by atoms with E-state index in [1.807, 2.05) is 44.3 Å². The third kappa shape index (κ3) is 3.70. The van der Waals surface area contributed by atoms with Crippen LogP contribution in [0.4, 0.5) is 0 Å². The van der Waals surface area contributed by atoms with Crippen LogP contribution in [0.15, 0.2) is 34.8 Å². The summed E-state index contributed by atoms with van der Waals surface area (Å²) in [4.78, 5) is 11.5. The third-order valence-corrected chi connectivity index (χ3v) is 3.83. The predicted octanol–water partition coefficient (Wildman–Crippen LogP) is 2.98. The Morgan fingerprint density at radius 3 is 2.50 bits per heavy atom. The normalized spacial score (nSPS) is 12.3. The lowest BCUT2D eigenvalue weighted by Gasteiger charge is -2.12. The molecule has 0 amide bonds. The van der Waals surface area contributed by atoms with Gasteiger partial charge in [0.2, 0.25) is 0 Å². The molecule has 0 bridgehead atoms. The van der Waals surface area contributed by atoms with Crippen molar-refractivity contribution in [3.05, 3.63) is 51.8 Å². The molecule has 0 fully saturated rings. The second-order valence-electron chi connectivity index (χ2n) is 4.97. The van der Waals surface area contributed by atoms with Gasteiger partial charge in [-0.15, -0.1) is 0 Å². The fraction of sp³-hybridized carbons (Fsp3) is 0.333. The summed E-state index contributed by atoms with van der Waals surface area (Å²) < 4.78 is 2.75. The van der Waals surface area contributed by atoms with Gasteiger partial charge in [0, 0.05) is 23.6 Å². The van der Waals surface area contributed by atoms with E-state index in [0.29, 0.717) is 12.8 Å². The van der Waals surface area contributed by atoms with Crippen molar-refractivity contribution >= 4 is 21.9 Å². The molecular weight excluding hydrogens is 320 g/mol. The van der Waals surface area contributed by atoms with Gasteiger partial charge < -0.3 is 5.11 Å². The number of aryl methyl sites for hydroxylation is 2. The zero-order chi connectivity index (χ0) is 14.7. The van der Waals surface area contributed by atoms with Crippen LogP contribution in [0.2, 0.25) is 0 Å². The zero-order valence-corrected chi connectivity index (χ0v) is 13.1. The smallest absolute Gasteiger partial charge is 0.307 e. The van der Waals surface area contributed by atoms with Gasteiger partial charge in [0.05, 0.1) is 11.6 Å². The van der Waals surface area contributed by atoms with Crippen molar-refractivity contribution in [1.29, 1.82) is 0 Å². The van der Waals surface area contributed by atoms with Crippen LogP contribution in [0.5, 0.6) is 0 Å². The van der Waals surface area contributed by atoms with E-state index in [-0.39, 0.29) is 0 Å². The van der Waals surface area contributed by atoms with Crippen LogP contribution in [0.25, 0.3) is 0 Å². The Kier molecular flexibility index (Phi) is 4.60. The van der Waals surface area contributed by atoms with E-state index in [1.165, 1.54) is 0 Å². The molecule has 1 aromatic carbocycles. The van der Waals surface area contributed by atoms with Gasteiger partial charge in [-0.1, -0.05) is 28.1 Å². The van der Waals surface area contributed by atoms with E-state index in [9.17, 15) is 9.90 Å². The minimum atomic E-state index is -0.772. The lowest BCUT2D eigenvalue weighted by Crippen LogP contribution is -2.20. The molecule has 5 heteroatoms. The molecule has 1 N–H and O–H groups in total. The third-order valence-electron chi connectivity index (χ3n) is 3.30. The van der Waals surface area contributed by atoms with Crippen molar-refractivity contribution < 1.29 is 9.90 Å². The highest BCUT2D eigenvalue weighted by atomic mass is 79.9. The molecule has 2 rings (SSSR count). The van der Waals surface area contributed by atoms with Crippen LogP contribution in [-0.4, -0.2) is 20.9 Å². The molecule has 1 heterocycles. The fourth-order valence-electron chi connectivity index (χ4n) is 2.26. The minimum Gasteiger partial charge on any atom is -0.481 e. The van der Waals surface area contributed by atoms with E-state index < -0.39 is 11.9 Å². The lowest BCUT2D eigenvalue weighted by atomic mass is 9.95. The largest absolute Gasteiger partial charge is 0.481 e. The van der Waals surface area contributed by atoms with Crippen molar-refractivity contribution in [2.45, 2.75) is 19.8 Å². The van der Waals surface area contributed by atoms with Crippen LogP contribution in [0.1, 0.15) is 17.0 Å². The van der Waals surface area contributed by atoms with Crippen molar-refractivity contribution in [2.75, 3.05) is 0 Å². The van der Waals surface area contributed by atoms with E-state index in [1.54, 1.807) is 4.68 Å². The van der Waals surface area contributed by atoms with Crippen molar-refractivity contribution in [1.82, 2.24) is 9.78 Å². The first-order valence-electron chi connectivity index (χ1n) is 6.42. The number of hydrogen-bond donors (Lipinski definition) is 1. The molecule has 106 valence electrons. The first-order chi connectivity index (χ1) is 9.45. The maximum Gasteiger partial charge on any atom is 0.307 e. The van der Waals surface area contributed by atoms with Gasteiger partial charge in [-0.25, -0.2) is 0 Å².